The topological polar surface area (TPSA) is 52.1 Å². The molecule has 2 aromatic rings. The number of hydrogen-bond donors (Lipinski definition) is 0. The molecule has 18 heavy (non-hydrogen) atoms. The highest BCUT2D eigenvalue weighted by Gasteiger charge is 2.20. The van der Waals surface area contributed by atoms with Crippen LogP contribution in [-0.2, 0) is 0 Å². The number of carbonyl (C=O) groups excluding carboxylic acids is 1. The Bertz CT molecular complexity index is 528. The second kappa shape index (κ2) is 5.73. The molecule has 0 saturated carbocycles. The third-order valence-corrected chi connectivity index (χ3v) is 3.35. The number of halogens is 1. The Hall–Kier alpha value is -1.75. The van der Waals surface area contributed by atoms with E-state index in [0.29, 0.717) is 11.6 Å². The fourth-order valence-electron chi connectivity index (χ4n) is 1.45. The van der Waals surface area contributed by atoms with Crippen LogP contribution in [0.5, 0.6) is 5.88 Å². The monoisotopic (exact) mass is 306 g/mol. The molecule has 0 amide bonds. The Morgan fingerprint density at radius 2 is 2.11 bits per heavy atom. The van der Waals surface area contributed by atoms with Gasteiger partial charge in [-0.05, 0) is 17.7 Å². The molecule has 0 bridgehead atoms. The number of ketones is 1. The molecule has 0 fully saturated rings. The van der Waals surface area contributed by atoms with Crippen LogP contribution in [-0.4, -0.2) is 22.9 Å². The number of hydrogen-bond acceptors (Lipinski definition) is 4. The lowest BCUT2D eigenvalue weighted by molar-refractivity contribution is 0.0986. The van der Waals surface area contributed by atoms with Gasteiger partial charge < -0.3 is 4.74 Å². The van der Waals surface area contributed by atoms with Gasteiger partial charge in [0.05, 0.1) is 7.11 Å². The second-order valence-corrected chi connectivity index (χ2v) is 4.49. The van der Waals surface area contributed by atoms with Crippen LogP contribution >= 0.6 is 15.9 Å². The quantitative estimate of drug-likeness (QED) is 0.644. The van der Waals surface area contributed by atoms with Crippen molar-refractivity contribution in [3.05, 3.63) is 54.0 Å². The first-order chi connectivity index (χ1) is 8.72. The summed E-state index contributed by atoms with van der Waals surface area (Å²) in [5.74, 6) is 0.423. The first-order valence-corrected chi connectivity index (χ1v) is 6.23. The van der Waals surface area contributed by atoms with Gasteiger partial charge in [0, 0.05) is 18.5 Å². The molecule has 0 aliphatic carbocycles. The highest BCUT2D eigenvalue weighted by atomic mass is 79.9. The van der Waals surface area contributed by atoms with E-state index in [2.05, 4.69) is 25.9 Å². The van der Waals surface area contributed by atoms with Crippen LogP contribution in [0.1, 0.15) is 20.9 Å². The summed E-state index contributed by atoms with van der Waals surface area (Å²) < 4.78 is 4.97. The molecule has 5 heteroatoms. The zero-order chi connectivity index (χ0) is 13.0. The molecule has 0 N–H and O–H groups in total. The summed E-state index contributed by atoms with van der Waals surface area (Å²) in [6, 6.07) is 8.76. The SMILES string of the molecule is COc1ccc(C(Br)C(=O)c2ccccn2)cn1. The van der Waals surface area contributed by atoms with Gasteiger partial charge in [-0.25, -0.2) is 4.98 Å². The largest absolute Gasteiger partial charge is 0.481 e. The van der Waals surface area contributed by atoms with Gasteiger partial charge in [-0.1, -0.05) is 28.1 Å². The Morgan fingerprint density at radius 3 is 2.67 bits per heavy atom. The summed E-state index contributed by atoms with van der Waals surface area (Å²) in [6.07, 6.45) is 3.21. The average Bonchev–Trinajstić information content (AvgIpc) is 2.47. The highest BCUT2D eigenvalue weighted by molar-refractivity contribution is 9.09. The Morgan fingerprint density at radius 1 is 1.28 bits per heavy atom. The second-order valence-electron chi connectivity index (χ2n) is 3.58. The number of pyridine rings is 2. The van der Waals surface area contributed by atoms with Gasteiger partial charge >= 0.3 is 0 Å². The maximum Gasteiger partial charge on any atom is 0.212 e. The van der Waals surface area contributed by atoms with E-state index in [1.807, 2.05) is 0 Å². The summed E-state index contributed by atoms with van der Waals surface area (Å²) in [6.45, 7) is 0. The standard InChI is InChI=1S/C13H11BrN2O2/c1-18-11-6-5-9(8-16-11)12(14)13(17)10-4-2-3-7-15-10/h2-8,12H,1H3. The summed E-state index contributed by atoms with van der Waals surface area (Å²) in [5.41, 5.74) is 1.20. The zero-order valence-corrected chi connectivity index (χ0v) is 11.3. The molecule has 2 rings (SSSR count). The van der Waals surface area contributed by atoms with Gasteiger partial charge in [0.1, 0.15) is 10.5 Å². The Kier molecular flexibility index (Phi) is 4.04. The fraction of sp³-hybridized carbons (Fsp3) is 0.154. The summed E-state index contributed by atoms with van der Waals surface area (Å²) in [5, 5.41) is 0. The van der Waals surface area contributed by atoms with Gasteiger partial charge in [0.25, 0.3) is 0 Å². The maximum absolute atomic E-state index is 12.1. The van der Waals surface area contributed by atoms with Gasteiger partial charge in [-0.15, -0.1) is 0 Å². The van der Waals surface area contributed by atoms with E-state index in [9.17, 15) is 4.79 Å². The van der Waals surface area contributed by atoms with Crippen molar-refractivity contribution in [2.24, 2.45) is 0 Å². The molecule has 1 atom stereocenters. The smallest absolute Gasteiger partial charge is 0.212 e. The molecular formula is C13H11BrN2O2. The van der Waals surface area contributed by atoms with E-state index in [4.69, 9.17) is 4.74 Å². The van der Waals surface area contributed by atoms with E-state index < -0.39 is 4.83 Å². The van der Waals surface area contributed by atoms with Crippen LogP contribution < -0.4 is 4.74 Å². The molecule has 0 saturated heterocycles. The van der Waals surface area contributed by atoms with Gasteiger partial charge in [-0.2, -0.15) is 0 Å². The van der Waals surface area contributed by atoms with Crippen LogP contribution in [0.2, 0.25) is 0 Å². The van der Waals surface area contributed by atoms with Crippen molar-refractivity contribution in [1.29, 1.82) is 0 Å². The normalized spacial score (nSPS) is 11.9. The zero-order valence-electron chi connectivity index (χ0n) is 9.71. The van der Waals surface area contributed by atoms with E-state index in [0.717, 1.165) is 5.56 Å². The van der Waals surface area contributed by atoms with Crippen molar-refractivity contribution in [3.63, 3.8) is 0 Å². The van der Waals surface area contributed by atoms with Crippen molar-refractivity contribution in [1.82, 2.24) is 9.97 Å². The minimum atomic E-state index is -0.453. The third-order valence-electron chi connectivity index (χ3n) is 2.41. The molecule has 4 nitrogen and oxygen atoms in total. The number of Topliss-reactive ketones (excluding diaryl/α,β-unsaturated/α-hetero) is 1. The van der Waals surface area contributed by atoms with Crippen LogP contribution in [0.4, 0.5) is 0 Å². The summed E-state index contributed by atoms with van der Waals surface area (Å²) >= 11 is 3.36. The van der Waals surface area contributed by atoms with E-state index in [1.54, 1.807) is 49.8 Å². The van der Waals surface area contributed by atoms with Crippen LogP contribution in [0.25, 0.3) is 0 Å². The lowest BCUT2D eigenvalue weighted by Gasteiger charge is -2.08. The minimum Gasteiger partial charge on any atom is -0.481 e. The molecule has 1 unspecified atom stereocenters. The number of nitrogens with zero attached hydrogens (tertiary/aromatic N) is 2. The molecule has 0 spiro atoms. The van der Waals surface area contributed by atoms with Crippen LogP contribution in [0, 0.1) is 0 Å². The van der Waals surface area contributed by atoms with E-state index in [-0.39, 0.29) is 5.78 Å². The van der Waals surface area contributed by atoms with Crippen molar-refractivity contribution in [2.45, 2.75) is 4.83 Å². The predicted molar refractivity (Wildman–Crippen MR) is 71.0 cm³/mol. The summed E-state index contributed by atoms with van der Waals surface area (Å²) in [4.78, 5) is 19.8. The lowest BCUT2D eigenvalue weighted by atomic mass is 10.1. The highest BCUT2D eigenvalue weighted by Crippen LogP contribution is 2.26. The Balaban J connectivity index is 2.20. The molecule has 2 aromatic heterocycles. The molecule has 2 heterocycles. The van der Waals surface area contributed by atoms with Crippen molar-refractivity contribution in [3.8, 4) is 5.88 Å². The van der Waals surface area contributed by atoms with Gasteiger partial charge in [-0.3, -0.25) is 9.78 Å². The minimum absolute atomic E-state index is 0.0948. The average molecular weight is 307 g/mol. The molecule has 92 valence electrons. The predicted octanol–water partition coefficient (Wildman–Crippen LogP) is 2.80. The molecule has 0 aliphatic heterocycles. The fourth-order valence-corrected chi connectivity index (χ4v) is 1.96. The van der Waals surface area contributed by atoms with Crippen molar-refractivity contribution < 1.29 is 9.53 Å². The van der Waals surface area contributed by atoms with Crippen LogP contribution in [0.15, 0.2) is 42.7 Å². The molecule has 0 aliphatic rings. The first kappa shape index (κ1) is 12.7. The number of aromatic nitrogens is 2. The van der Waals surface area contributed by atoms with E-state index >= 15 is 0 Å². The molecule has 0 aromatic carbocycles. The number of rotatable bonds is 4. The number of alkyl halides is 1. The third kappa shape index (κ3) is 2.73. The van der Waals surface area contributed by atoms with Gasteiger partial charge in [0.2, 0.25) is 5.88 Å². The van der Waals surface area contributed by atoms with Crippen LogP contribution in [0.3, 0.4) is 0 Å². The summed E-state index contributed by atoms with van der Waals surface area (Å²) in [7, 11) is 1.55. The maximum atomic E-state index is 12.1. The lowest BCUT2D eigenvalue weighted by Crippen LogP contribution is -2.09. The first-order valence-electron chi connectivity index (χ1n) is 5.31. The van der Waals surface area contributed by atoms with Gasteiger partial charge in [0.15, 0.2) is 5.78 Å². The molecule has 0 radical (unpaired) electrons. The van der Waals surface area contributed by atoms with E-state index in [1.165, 1.54) is 0 Å². The number of methoxy groups -OCH3 is 1. The Labute approximate surface area is 113 Å². The van der Waals surface area contributed by atoms with Crippen molar-refractivity contribution >= 4 is 21.7 Å². The van der Waals surface area contributed by atoms with Crippen molar-refractivity contribution in [2.75, 3.05) is 7.11 Å². The number of ether oxygens (including phenoxy) is 1. The number of carbonyl (C=O) groups is 1. The molecular weight excluding hydrogens is 296 g/mol.